The van der Waals surface area contributed by atoms with Gasteiger partial charge in [-0.15, -0.1) is 0 Å². The lowest BCUT2D eigenvalue weighted by molar-refractivity contribution is 0.198. The minimum Gasteiger partial charge on any atom is -0.507 e. The van der Waals surface area contributed by atoms with Crippen LogP contribution >= 0.6 is 34.4 Å². The maximum atomic E-state index is 10.2. The SMILES string of the molecule is Cc1cccc(CC(SC(CI)C(C)O)C(C)C)c1O. The third-order valence-corrected chi connectivity index (χ3v) is 7.04. The normalized spacial score (nSPS) is 16.1. The Labute approximate surface area is 140 Å². The van der Waals surface area contributed by atoms with Gasteiger partial charge in [0.05, 0.1) is 6.10 Å². The topological polar surface area (TPSA) is 40.5 Å². The number of phenols is 1. The number of aliphatic hydroxyl groups excluding tert-OH is 1. The molecule has 3 atom stereocenters. The van der Waals surface area contributed by atoms with Crippen molar-refractivity contribution >= 4 is 34.4 Å². The molecule has 2 nitrogen and oxygen atoms in total. The Hall–Kier alpha value is 0.0600. The van der Waals surface area contributed by atoms with Crippen LogP contribution in [0.4, 0.5) is 0 Å². The van der Waals surface area contributed by atoms with E-state index in [1.165, 1.54) is 0 Å². The van der Waals surface area contributed by atoms with Crippen LogP contribution in [-0.2, 0) is 6.42 Å². The summed E-state index contributed by atoms with van der Waals surface area (Å²) in [5, 5.41) is 20.6. The van der Waals surface area contributed by atoms with Gasteiger partial charge in [-0.1, -0.05) is 54.6 Å². The predicted octanol–water partition coefficient (Wildman–Crippen LogP) is 4.19. The number of aromatic hydroxyl groups is 1. The number of benzene rings is 1. The van der Waals surface area contributed by atoms with Gasteiger partial charge in [-0.25, -0.2) is 0 Å². The van der Waals surface area contributed by atoms with E-state index in [4.69, 9.17) is 0 Å². The van der Waals surface area contributed by atoms with Crippen LogP contribution in [-0.4, -0.2) is 31.2 Å². The summed E-state index contributed by atoms with van der Waals surface area (Å²) < 4.78 is 0.934. The lowest BCUT2D eigenvalue weighted by Crippen LogP contribution is -2.27. The highest BCUT2D eigenvalue weighted by molar-refractivity contribution is 14.1. The van der Waals surface area contributed by atoms with Crippen LogP contribution in [0.5, 0.6) is 5.75 Å². The van der Waals surface area contributed by atoms with E-state index in [2.05, 4.69) is 36.4 Å². The van der Waals surface area contributed by atoms with Crippen LogP contribution in [0.1, 0.15) is 31.9 Å². The van der Waals surface area contributed by atoms with Crippen molar-refractivity contribution in [2.24, 2.45) is 5.92 Å². The van der Waals surface area contributed by atoms with Gasteiger partial charge in [-0.2, -0.15) is 11.8 Å². The summed E-state index contributed by atoms with van der Waals surface area (Å²) in [5.41, 5.74) is 1.94. The molecule has 0 aliphatic rings. The number of hydrogen-bond acceptors (Lipinski definition) is 3. The Morgan fingerprint density at radius 1 is 1.20 bits per heavy atom. The predicted molar refractivity (Wildman–Crippen MR) is 97.1 cm³/mol. The second-order valence-electron chi connectivity index (χ2n) is 5.64. The van der Waals surface area contributed by atoms with E-state index in [0.717, 1.165) is 22.0 Å². The highest BCUT2D eigenvalue weighted by atomic mass is 127. The first-order valence-electron chi connectivity index (χ1n) is 7.03. The van der Waals surface area contributed by atoms with Crippen molar-refractivity contribution in [3.63, 3.8) is 0 Å². The van der Waals surface area contributed by atoms with Gasteiger partial charge in [0, 0.05) is 14.9 Å². The fraction of sp³-hybridized carbons (Fsp3) is 0.625. The largest absolute Gasteiger partial charge is 0.507 e. The van der Waals surface area contributed by atoms with Gasteiger partial charge < -0.3 is 10.2 Å². The first kappa shape index (κ1) is 18.1. The lowest BCUT2D eigenvalue weighted by Gasteiger charge is -2.27. The molecule has 0 fully saturated rings. The summed E-state index contributed by atoms with van der Waals surface area (Å²) in [7, 11) is 0. The molecular formula is C16H25IO2S. The zero-order valence-corrected chi connectivity index (χ0v) is 15.6. The van der Waals surface area contributed by atoms with Crippen LogP contribution in [0.3, 0.4) is 0 Å². The fourth-order valence-electron chi connectivity index (χ4n) is 2.05. The maximum absolute atomic E-state index is 10.2. The van der Waals surface area contributed by atoms with E-state index in [-0.39, 0.29) is 11.4 Å². The molecule has 0 heterocycles. The van der Waals surface area contributed by atoms with Crippen LogP contribution in [0.2, 0.25) is 0 Å². The number of alkyl halides is 1. The number of aliphatic hydroxyl groups is 1. The first-order valence-corrected chi connectivity index (χ1v) is 9.50. The average molecular weight is 408 g/mol. The summed E-state index contributed by atoms with van der Waals surface area (Å²) >= 11 is 4.18. The molecular weight excluding hydrogens is 383 g/mol. The number of halogens is 1. The minimum atomic E-state index is -0.302. The molecule has 0 bridgehead atoms. The molecule has 2 N–H and O–H groups in total. The molecule has 1 aromatic carbocycles. The maximum Gasteiger partial charge on any atom is 0.121 e. The summed E-state index contributed by atoms with van der Waals surface area (Å²) in [5.74, 6) is 0.922. The Morgan fingerprint density at radius 2 is 1.85 bits per heavy atom. The van der Waals surface area contributed by atoms with Crippen molar-refractivity contribution in [2.75, 3.05) is 4.43 Å². The number of aryl methyl sites for hydroxylation is 1. The van der Waals surface area contributed by atoms with Crippen LogP contribution in [0.15, 0.2) is 18.2 Å². The molecule has 0 aliphatic carbocycles. The molecule has 20 heavy (non-hydrogen) atoms. The second-order valence-corrected chi connectivity index (χ2v) is 8.00. The van der Waals surface area contributed by atoms with Crippen LogP contribution < -0.4 is 0 Å². The van der Waals surface area contributed by atoms with E-state index >= 15 is 0 Å². The Morgan fingerprint density at radius 3 is 2.35 bits per heavy atom. The Kier molecular flexibility index (Phi) is 7.69. The highest BCUT2D eigenvalue weighted by Crippen LogP contribution is 2.33. The molecule has 0 aromatic heterocycles. The summed E-state index contributed by atoms with van der Waals surface area (Å²) in [4.78, 5) is 0. The highest BCUT2D eigenvalue weighted by Gasteiger charge is 2.23. The molecule has 4 heteroatoms. The van der Waals surface area contributed by atoms with E-state index in [1.807, 2.05) is 43.8 Å². The fourth-order valence-corrected chi connectivity index (χ4v) is 4.74. The second kappa shape index (κ2) is 8.49. The molecule has 0 saturated heterocycles. The van der Waals surface area contributed by atoms with Gasteiger partial charge in [0.15, 0.2) is 0 Å². The third-order valence-electron chi connectivity index (χ3n) is 3.53. The van der Waals surface area contributed by atoms with Crippen molar-refractivity contribution < 1.29 is 10.2 Å². The van der Waals surface area contributed by atoms with Gasteiger partial charge in [0.2, 0.25) is 0 Å². The minimum absolute atomic E-state index is 0.245. The molecule has 0 radical (unpaired) electrons. The molecule has 0 spiro atoms. The van der Waals surface area contributed by atoms with Crippen molar-refractivity contribution in [1.82, 2.24) is 0 Å². The van der Waals surface area contributed by atoms with Gasteiger partial charge in [0.1, 0.15) is 5.75 Å². The van der Waals surface area contributed by atoms with Gasteiger partial charge in [0.25, 0.3) is 0 Å². The zero-order valence-electron chi connectivity index (χ0n) is 12.6. The van der Waals surface area contributed by atoms with Crippen LogP contribution in [0.25, 0.3) is 0 Å². The first-order chi connectivity index (χ1) is 9.36. The number of rotatable bonds is 7. The van der Waals surface area contributed by atoms with Gasteiger partial charge in [-0.05, 0) is 37.3 Å². The Bertz CT molecular complexity index is 421. The molecule has 0 amide bonds. The molecule has 1 rings (SSSR count). The lowest BCUT2D eigenvalue weighted by atomic mass is 9.99. The molecule has 0 aliphatic heterocycles. The molecule has 114 valence electrons. The quantitative estimate of drug-likeness (QED) is 0.525. The van der Waals surface area contributed by atoms with Crippen molar-refractivity contribution in [2.45, 2.75) is 50.7 Å². The van der Waals surface area contributed by atoms with Gasteiger partial charge in [-0.3, -0.25) is 0 Å². The third kappa shape index (κ3) is 5.11. The summed E-state index contributed by atoms with van der Waals surface area (Å²) in [6.07, 6.45) is 0.541. The van der Waals surface area contributed by atoms with Crippen molar-refractivity contribution in [1.29, 1.82) is 0 Å². The monoisotopic (exact) mass is 408 g/mol. The zero-order chi connectivity index (χ0) is 15.3. The summed E-state index contributed by atoms with van der Waals surface area (Å²) in [6.45, 7) is 8.20. The smallest absolute Gasteiger partial charge is 0.121 e. The molecule has 0 saturated carbocycles. The van der Waals surface area contributed by atoms with E-state index in [0.29, 0.717) is 16.9 Å². The Balaban J connectivity index is 2.84. The number of phenolic OH excluding ortho intramolecular Hbond substituents is 1. The number of para-hydroxylation sites is 1. The van der Waals surface area contributed by atoms with Crippen molar-refractivity contribution in [3.8, 4) is 5.75 Å². The van der Waals surface area contributed by atoms with Crippen LogP contribution in [0, 0.1) is 12.8 Å². The number of thioether (sulfide) groups is 1. The summed E-state index contributed by atoms with van der Waals surface area (Å²) in [6, 6.07) is 5.93. The number of hydrogen-bond donors (Lipinski definition) is 2. The van der Waals surface area contributed by atoms with Crippen molar-refractivity contribution in [3.05, 3.63) is 29.3 Å². The van der Waals surface area contributed by atoms with E-state index < -0.39 is 0 Å². The molecule has 1 aromatic rings. The average Bonchev–Trinajstić information content (AvgIpc) is 2.38. The van der Waals surface area contributed by atoms with Gasteiger partial charge >= 0.3 is 0 Å². The molecule has 3 unspecified atom stereocenters. The van der Waals surface area contributed by atoms with E-state index in [1.54, 1.807) is 0 Å². The standard InChI is InChI=1S/C16H25IO2S/c1-10(2)14(20-15(9-17)12(4)18)8-13-7-5-6-11(3)16(13)19/h5-7,10,12,14-15,18-19H,8-9H2,1-4H3. The van der Waals surface area contributed by atoms with E-state index in [9.17, 15) is 10.2 Å².